The van der Waals surface area contributed by atoms with Crippen molar-refractivity contribution in [3.05, 3.63) is 82.6 Å². The van der Waals surface area contributed by atoms with Crippen molar-refractivity contribution in [3.63, 3.8) is 0 Å². The van der Waals surface area contributed by atoms with Gasteiger partial charge in [0.15, 0.2) is 0 Å². The summed E-state index contributed by atoms with van der Waals surface area (Å²) in [7, 11) is 0. The quantitative estimate of drug-likeness (QED) is 0.239. The Bertz CT molecular complexity index is 1610. The number of nitrogens with zero attached hydrogens (tertiary/aromatic N) is 5. The third-order valence-corrected chi connectivity index (χ3v) is 7.12. The molecule has 1 unspecified atom stereocenters. The highest BCUT2D eigenvalue weighted by Gasteiger charge is 2.38. The molecule has 18 heteroatoms. The third kappa shape index (κ3) is 11.8. The summed E-state index contributed by atoms with van der Waals surface area (Å²) in [5, 5.41) is 24.8. The summed E-state index contributed by atoms with van der Waals surface area (Å²) in [4.78, 5) is 33.5. The zero-order chi connectivity index (χ0) is 34.6. The van der Waals surface area contributed by atoms with Crippen molar-refractivity contribution in [3.8, 4) is 12.1 Å². The number of carboxylic acids is 2. The molecule has 1 saturated heterocycles. The van der Waals surface area contributed by atoms with Crippen LogP contribution in [-0.2, 0) is 27.5 Å². The molecule has 2 aromatic carbocycles. The average molecular weight is 686 g/mol. The lowest BCUT2D eigenvalue weighted by Gasteiger charge is -2.26. The SMILES string of the molecule is N#CC(c1ccnc(OCc2ccc(CN3CCOCC3)cc2)n1)c1nc2ccccc2s1.O=C(O)C(F)(F)F.O=C(O)C(F)(F)F. The van der Waals surface area contributed by atoms with Crippen LogP contribution in [0.5, 0.6) is 6.01 Å². The van der Waals surface area contributed by atoms with Crippen LogP contribution in [-0.4, -0.2) is 80.7 Å². The number of carbonyl (C=O) groups is 2. The number of rotatable bonds is 7. The molecule has 47 heavy (non-hydrogen) atoms. The number of alkyl halides is 6. The molecule has 1 aliphatic rings. The zero-order valence-corrected chi connectivity index (χ0v) is 24.8. The molecule has 0 radical (unpaired) electrons. The van der Waals surface area contributed by atoms with Gasteiger partial charge in [-0.05, 0) is 29.3 Å². The van der Waals surface area contributed by atoms with Crippen molar-refractivity contribution in [1.82, 2.24) is 19.9 Å². The number of ether oxygens (including phenoxy) is 2. The summed E-state index contributed by atoms with van der Waals surface area (Å²) in [5.74, 6) is -6.08. The number of benzene rings is 2. The topological polar surface area (TPSA) is 159 Å². The Morgan fingerprint density at radius 1 is 0.936 bits per heavy atom. The zero-order valence-electron chi connectivity index (χ0n) is 24.0. The van der Waals surface area contributed by atoms with Crippen LogP contribution in [0.1, 0.15) is 27.7 Å². The van der Waals surface area contributed by atoms with Gasteiger partial charge in [0.1, 0.15) is 17.5 Å². The van der Waals surface area contributed by atoms with Gasteiger partial charge in [-0.15, -0.1) is 11.3 Å². The highest BCUT2D eigenvalue weighted by molar-refractivity contribution is 7.18. The molecule has 1 atom stereocenters. The lowest BCUT2D eigenvalue weighted by atomic mass is 10.1. The maximum absolute atomic E-state index is 10.6. The van der Waals surface area contributed by atoms with Crippen LogP contribution in [0.4, 0.5) is 26.3 Å². The number of thiazole rings is 1. The van der Waals surface area contributed by atoms with Crippen LogP contribution < -0.4 is 4.74 Å². The molecule has 1 aliphatic heterocycles. The number of para-hydroxylation sites is 1. The molecule has 0 amide bonds. The molecular weight excluding hydrogens is 660 g/mol. The summed E-state index contributed by atoms with van der Waals surface area (Å²) in [6.45, 7) is 4.84. The number of nitriles is 1. The van der Waals surface area contributed by atoms with E-state index in [2.05, 4.69) is 50.2 Å². The molecule has 2 aromatic heterocycles. The fourth-order valence-electron chi connectivity index (χ4n) is 3.75. The molecule has 2 N–H and O–H groups in total. The molecule has 0 bridgehead atoms. The molecule has 0 saturated carbocycles. The van der Waals surface area contributed by atoms with Crippen molar-refractivity contribution in [2.75, 3.05) is 26.3 Å². The molecule has 1 fully saturated rings. The molecule has 11 nitrogen and oxygen atoms in total. The van der Waals surface area contributed by atoms with E-state index in [1.807, 2.05) is 24.3 Å². The number of fused-ring (bicyclic) bond motifs is 1. The Morgan fingerprint density at radius 2 is 1.51 bits per heavy atom. The minimum absolute atomic E-state index is 0.256. The molecule has 3 heterocycles. The van der Waals surface area contributed by atoms with Gasteiger partial charge in [-0.1, -0.05) is 36.4 Å². The molecule has 5 rings (SSSR count). The number of morpholine rings is 1. The minimum Gasteiger partial charge on any atom is -0.475 e. The van der Waals surface area contributed by atoms with Crippen LogP contribution in [0.3, 0.4) is 0 Å². The first kappa shape index (κ1) is 36.6. The lowest BCUT2D eigenvalue weighted by molar-refractivity contribution is -0.193. The Morgan fingerprint density at radius 3 is 2.06 bits per heavy atom. The van der Waals surface area contributed by atoms with Crippen molar-refractivity contribution in [2.45, 2.75) is 31.4 Å². The number of halogens is 6. The summed E-state index contributed by atoms with van der Waals surface area (Å²) in [6.07, 6.45) is -8.54. The van der Waals surface area contributed by atoms with E-state index in [0.717, 1.165) is 53.6 Å². The second kappa shape index (κ2) is 16.6. The van der Waals surface area contributed by atoms with E-state index in [-0.39, 0.29) is 6.01 Å². The molecule has 0 spiro atoms. The standard InChI is InChI=1S/C25H23N5O2S.2C2HF3O2/c26-15-20(24-28-22-3-1-2-4-23(22)33-24)21-9-10-27-25(29-21)32-17-19-7-5-18(6-8-19)16-30-11-13-31-14-12-30;2*3-2(4,5)1(6)7/h1-10,20H,11-14,16-17H2;2*(H,6,7). The Kier molecular flexibility index (Phi) is 13.0. The van der Waals surface area contributed by atoms with Gasteiger partial charge in [0.2, 0.25) is 0 Å². The normalized spacial score (nSPS) is 14.1. The number of carboxylic acid groups (broad SMARTS) is 2. The second-order valence-corrected chi connectivity index (χ2v) is 10.5. The minimum atomic E-state index is -5.08. The van der Waals surface area contributed by atoms with Crippen LogP contribution in [0, 0.1) is 11.3 Å². The maximum atomic E-state index is 10.6. The van der Waals surface area contributed by atoms with E-state index in [0.29, 0.717) is 12.3 Å². The average Bonchev–Trinajstić information content (AvgIpc) is 3.45. The summed E-state index contributed by atoms with van der Waals surface area (Å²) in [5.41, 5.74) is 3.78. The van der Waals surface area contributed by atoms with Gasteiger partial charge in [-0.3, -0.25) is 4.90 Å². The van der Waals surface area contributed by atoms with E-state index in [1.165, 1.54) is 16.9 Å². The van der Waals surface area contributed by atoms with Crippen molar-refractivity contribution >= 4 is 33.5 Å². The number of hydrogen-bond acceptors (Lipinski definition) is 10. The van der Waals surface area contributed by atoms with Gasteiger partial charge in [-0.2, -0.15) is 36.6 Å². The van der Waals surface area contributed by atoms with Crippen LogP contribution >= 0.6 is 11.3 Å². The summed E-state index contributed by atoms with van der Waals surface area (Å²) in [6, 6.07) is 20.6. The van der Waals surface area contributed by atoms with Gasteiger partial charge in [0, 0.05) is 25.8 Å². The van der Waals surface area contributed by atoms with E-state index in [4.69, 9.17) is 29.3 Å². The van der Waals surface area contributed by atoms with Crippen molar-refractivity contribution in [1.29, 1.82) is 5.26 Å². The fourth-order valence-corrected chi connectivity index (χ4v) is 4.78. The first-order valence-corrected chi connectivity index (χ1v) is 14.2. The van der Waals surface area contributed by atoms with E-state index < -0.39 is 30.2 Å². The van der Waals surface area contributed by atoms with Crippen LogP contribution in [0.15, 0.2) is 60.8 Å². The smallest absolute Gasteiger partial charge is 0.475 e. The Balaban J connectivity index is 0.000000360. The highest BCUT2D eigenvalue weighted by atomic mass is 32.1. The molecule has 250 valence electrons. The number of aromatic nitrogens is 3. The van der Waals surface area contributed by atoms with Gasteiger partial charge in [0.05, 0.1) is 35.2 Å². The lowest BCUT2D eigenvalue weighted by Crippen LogP contribution is -2.35. The Labute approximate surface area is 266 Å². The predicted molar refractivity (Wildman–Crippen MR) is 153 cm³/mol. The molecule has 4 aromatic rings. The van der Waals surface area contributed by atoms with Crippen molar-refractivity contribution < 1.29 is 55.6 Å². The van der Waals surface area contributed by atoms with Crippen LogP contribution in [0.25, 0.3) is 10.2 Å². The monoisotopic (exact) mass is 685 g/mol. The van der Waals surface area contributed by atoms with Crippen LogP contribution in [0.2, 0.25) is 0 Å². The van der Waals surface area contributed by atoms with Gasteiger partial charge in [-0.25, -0.2) is 19.6 Å². The van der Waals surface area contributed by atoms with Gasteiger partial charge < -0.3 is 19.7 Å². The molecular formula is C29H25F6N5O6S. The maximum Gasteiger partial charge on any atom is 0.490 e. The summed E-state index contributed by atoms with van der Waals surface area (Å²) < 4.78 is 75.8. The van der Waals surface area contributed by atoms with E-state index >= 15 is 0 Å². The third-order valence-electron chi connectivity index (χ3n) is 6.02. The van der Waals surface area contributed by atoms with E-state index in [1.54, 1.807) is 12.3 Å². The van der Waals surface area contributed by atoms with E-state index in [9.17, 15) is 31.6 Å². The van der Waals surface area contributed by atoms with Crippen molar-refractivity contribution in [2.24, 2.45) is 0 Å². The summed E-state index contributed by atoms with van der Waals surface area (Å²) >= 11 is 1.51. The largest absolute Gasteiger partial charge is 0.490 e. The molecule has 0 aliphatic carbocycles. The number of aliphatic carboxylic acids is 2. The first-order valence-electron chi connectivity index (χ1n) is 13.4. The Hall–Kier alpha value is -4.86. The fraction of sp³-hybridized carbons (Fsp3) is 0.310. The highest BCUT2D eigenvalue weighted by Crippen LogP contribution is 2.31. The van der Waals surface area contributed by atoms with Gasteiger partial charge >= 0.3 is 30.3 Å². The number of hydrogen-bond donors (Lipinski definition) is 2. The van der Waals surface area contributed by atoms with Gasteiger partial charge in [0.25, 0.3) is 0 Å². The first-order chi connectivity index (χ1) is 22.2. The second-order valence-electron chi connectivity index (χ2n) is 9.45. The predicted octanol–water partition coefficient (Wildman–Crippen LogP) is 5.42.